The number of aromatic nitrogens is 2. The second-order valence-corrected chi connectivity index (χ2v) is 4.18. The third-order valence-electron chi connectivity index (χ3n) is 2.85. The monoisotopic (exact) mass is 210 g/mol. The number of hydrogen-bond donors (Lipinski definition) is 1. The first kappa shape index (κ1) is 10.6. The minimum absolute atomic E-state index is 0.744. The van der Waals surface area contributed by atoms with Gasteiger partial charge in [-0.2, -0.15) is 0 Å². The lowest BCUT2D eigenvalue weighted by atomic mass is 10.3. The minimum Gasteiger partial charge on any atom is -0.310 e. The summed E-state index contributed by atoms with van der Waals surface area (Å²) in [5.41, 5.74) is 1.78. The first-order valence-corrected chi connectivity index (χ1v) is 5.46. The Morgan fingerprint density at radius 2 is 2.27 bits per heavy atom. The van der Waals surface area contributed by atoms with Gasteiger partial charge in [0.05, 0.1) is 0 Å². The van der Waals surface area contributed by atoms with Gasteiger partial charge >= 0.3 is 0 Å². The van der Waals surface area contributed by atoms with E-state index in [1.165, 1.54) is 12.8 Å². The Morgan fingerprint density at radius 3 is 2.87 bits per heavy atom. The van der Waals surface area contributed by atoms with Crippen LogP contribution in [-0.2, 0) is 6.54 Å². The summed E-state index contributed by atoms with van der Waals surface area (Å²) < 4.78 is 4.62. The van der Waals surface area contributed by atoms with E-state index in [-0.39, 0.29) is 0 Å². The molecule has 0 aliphatic heterocycles. The maximum Gasteiger partial charge on any atom is 0.121 e. The Labute approximate surface area is 89.8 Å². The topological polar surface area (TPSA) is 54.2 Å². The van der Waals surface area contributed by atoms with Crippen LogP contribution in [0.5, 0.6) is 0 Å². The number of aryl methyl sites for hydroxylation is 1. The number of nitrogens with one attached hydrogen (secondary N) is 1. The van der Waals surface area contributed by atoms with Crippen LogP contribution in [0.1, 0.15) is 24.2 Å². The van der Waals surface area contributed by atoms with Crippen molar-refractivity contribution in [3.8, 4) is 0 Å². The molecule has 1 saturated carbocycles. The minimum atomic E-state index is 0.744. The van der Waals surface area contributed by atoms with Crippen molar-refractivity contribution in [2.24, 2.45) is 0 Å². The number of likely N-dealkylation sites (N-methyl/N-ethyl adjacent to an activating group) is 1. The number of rotatable bonds is 6. The van der Waals surface area contributed by atoms with Gasteiger partial charge in [-0.15, -0.1) is 0 Å². The Hall–Kier alpha value is -0.940. The zero-order chi connectivity index (χ0) is 10.7. The molecule has 2 rings (SSSR count). The molecule has 0 spiro atoms. The van der Waals surface area contributed by atoms with Crippen LogP contribution < -0.4 is 5.32 Å². The fourth-order valence-corrected chi connectivity index (χ4v) is 1.57. The second kappa shape index (κ2) is 4.72. The molecule has 5 heteroatoms. The number of hydrogen-bond acceptors (Lipinski definition) is 5. The zero-order valence-corrected chi connectivity index (χ0v) is 9.36. The fraction of sp³-hybridized carbons (Fsp3) is 0.800. The zero-order valence-electron chi connectivity index (χ0n) is 9.36. The highest BCUT2D eigenvalue weighted by Gasteiger charge is 2.25. The Morgan fingerprint density at radius 1 is 1.47 bits per heavy atom. The summed E-state index contributed by atoms with van der Waals surface area (Å²) in [6.45, 7) is 4.73. The van der Waals surface area contributed by atoms with E-state index in [0.29, 0.717) is 0 Å². The molecule has 0 bridgehead atoms. The molecule has 0 amide bonds. The molecule has 84 valence electrons. The number of nitrogens with zero attached hydrogens (tertiary/aromatic N) is 3. The van der Waals surface area contributed by atoms with Gasteiger partial charge in [0.25, 0.3) is 0 Å². The summed E-state index contributed by atoms with van der Waals surface area (Å²) in [5.74, 6) is 0. The molecule has 0 atom stereocenters. The van der Waals surface area contributed by atoms with Crippen molar-refractivity contribution in [1.82, 2.24) is 20.5 Å². The molecular weight excluding hydrogens is 192 g/mol. The Kier molecular flexibility index (Phi) is 3.33. The van der Waals surface area contributed by atoms with Crippen molar-refractivity contribution in [2.45, 2.75) is 32.4 Å². The Bertz CT molecular complexity index is 308. The standard InChI is InChI=1S/C10H18N4O/c1-8-10(13-15-12-8)7-11-5-6-14(2)9-3-4-9/h9,11H,3-7H2,1-2H3. The van der Waals surface area contributed by atoms with E-state index in [1.54, 1.807) is 0 Å². The van der Waals surface area contributed by atoms with Gasteiger partial charge in [0, 0.05) is 25.7 Å². The molecule has 0 aromatic carbocycles. The van der Waals surface area contributed by atoms with Gasteiger partial charge in [-0.1, -0.05) is 10.3 Å². The highest BCUT2D eigenvalue weighted by molar-refractivity contribution is 5.03. The summed E-state index contributed by atoms with van der Waals surface area (Å²) in [6.07, 6.45) is 2.73. The van der Waals surface area contributed by atoms with Gasteiger partial charge < -0.3 is 10.2 Å². The van der Waals surface area contributed by atoms with Crippen molar-refractivity contribution >= 4 is 0 Å². The van der Waals surface area contributed by atoms with E-state index < -0.39 is 0 Å². The van der Waals surface area contributed by atoms with Crippen LogP contribution in [0.2, 0.25) is 0 Å². The van der Waals surface area contributed by atoms with Crippen LogP contribution >= 0.6 is 0 Å². The largest absolute Gasteiger partial charge is 0.310 e. The van der Waals surface area contributed by atoms with Crippen LogP contribution in [0.4, 0.5) is 0 Å². The fourth-order valence-electron chi connectivity index (χ4n) is 1.57. The maximum absolute atomic E-state index is 4.62. The van der Waals surface area contributed by atoms with E-state index in [1.807, 2.05) is 6.92 Å². The molecule has 1 aliphatic carbocycles. The normalized spacial score (nSPS) is 16.2. The lowest BCUT2D eigenvalue weighted by Gasteiger charge is -2.15. The van der Waals surface area contributed by atoms with E-state index in [4.69, 9.17) is 0 Å². The van der Waals surface area contributed by atoms with Crippen LogP contribution in [0.15, 0.2) is 4.63 Å². The highest BCUT2D eigenvalue weighted by atomic mass is 16.6. The smallest absolute Gasteiger partial charge is 0.121 e. The van der Waals surface area contributed by atoms with Crippen LogP contribution in [0.25, 0.3) is 0 Å². The van der Waals surface area contributed by atoms with Gasteiger partial charge in [-0.05, 0) is 26.8 Å². The maximum atomic E-state index is 4.62. The first-order chi connectivity index (χ1) is 7.27. The molecule has 15 heavy (non-hydrogen) atoms. The summed E-state index contributed by atoms with van der Waals surface area (Å²) in [6, 6.07) is 0.835. The molecule has 0 unspecified atom stereocenters. The Balaban J connectivity index is 1.60. The van der Waals surface area contributed by atoms with Crippen molar-refractivity contribution in [1.29, 1.82) is 0 Å². The SMILES string of the molecule is Cc1nonc1CNCCN(C)C1CC1. The van der Waals surface area contributed by atoms with E-state index in [2.05, 4.69) is 32.2 Å². The van der Waals surface area contributed by atoms with Crippen LogP contribution in [-0.4, -0.2) is 41.4 Å². The summed E-state index contributed by atoms with van der Waals surface area (Å²) in [5, 5.41) is 10.9. The molecule has 5 nitrogen and oxygen atoms in total. The van der Waals surface area contributed by atoms with Crippen LogP contribution in [0, 0.1) is 6.92 Å². The first-order valence-electron chi connectivity index (χ1n) is 5.46. The van der Waals surface area contributed by atoms with Gasteiger partial charge in [-0.25, -0.2) is 4.63 Å². The molecule has 0 saturated heterocycles. The summed E-state index contributed by atoms with van der Waals surface area (Å²) >= 11 is 0. The van der Waals surface area contributed by atoms with Gasteiger partial charge in [-0.3, -0.25) is 0 Å². The predicted octanol–water partition coefficient (Wildman–Crippen LogP) is 0.562. The summed E-state index contributed by atoms with van der Waals surface area (Å²) in [7, 11) is 2.18. The lowest BCUT2D eigenvalue weighted by molar-refractivity contribution is 0.298. The third-order valence-corrected chi connectivity index (χ3v) is 2.85. The molecule has 1 heterocycles. The van der Waals surface area contributed by atoms with Gasteiger partial charge in [0.2, 0.25) is 0 Å². The molecular formula is C10H18N4O. The van der Waals surface area contributed by atoms with E-state index >= 15 is 0 Å². The molecule has 1 aromatic heterocycles. The predicted molar refractivity (Wildman–Crippen MR) is 56.4 cm³/mol. The quantitative estimate of drug-likeness (QED) is 0.695. The third kappa shape index (κ3) is 3.00. The average Bonchev–Trinajstić information content (AvgIpc) is 2.99. The van der Waals surface area contributed by atoms with Crippen molar-refractivity contribution in [2.75, 3.05) is 20.1 Å². The van der Waals surface area contributed by atoms with Crippen LogP contribution in [0.3, 0.4) is 0 Å². The highest BCUT2D eigenvalue weighted by Crippen LogP contribution is 2.24. The average molecular weight is 210 g/mol. The molecule has 1 aliphatic rings. The van der Waals surface area contributed by atoms with Gasteiger partial charge in [0.15, 0.2) is 0 Å². The van der Waals surface area contributed by atoms with E-state index in [9.17, 15) is 0 Å². The molecule has 1 aromatic rings. The van der Waals surface area contributed by atoms with Crippen molar-refractivity contribution < 1.29 is 4.63 Å². The van der Waals surface area contributed by atoms with Gasteiger partial charge in [0.1, 0.15) is 11.4 Å². The van der Waals surface area contributed by atoms with Crippen molar-refractivity contribution in [3.63, 3.8) is 0 Å². The lowest BCUT2D eigenvalue weighted by Crippen LogP contribution is -2.30. The summed E-state index contributed by atoms with van der Waals surface area (Å²) in [4.78, 5) is 2.40. The van der Waals surface area contributed by atoms with E-state index in [0.717, 1.165) is 37.1 Å². The second-order valence-electron chi connectivity index (χ2n) is 4.18. The van der Waals surface area contributed by atoms with Crippen molar-refractivity contribution in [3.05, 3.63) is 11.4 Å². The molecule has 1 fully saturated rings. The molecule has 1 N–H and O–H groups in total. The molecule has 0 radical (unpaired) electrons.